The molecule has 1 amide bonds. The minimum absolute atomic E-state index is 0.125. The van der Waals surface area contributed by atoms with Crippen LogP contribution in [0.25, 0.3) is 6.08 Å². The molecule has 0 spiro atoms. The molecule has 124 valence electrons. The fourth-order valence-corrected chi connectivity index (χ4v) is 2.13. The van der Waals surface area contributed by atoms with Gasteiger partial charge in [-0.05, 0) is 44.8 Å². The molecule has 1 fully saturated rings. The minimum Gasteiger partial charge on any atom is -0.400 e. The zero-order valence-electron chi connectivity index (χ0n) is 14.0. The third-order valence-corrected chi connectivity index (χ3v) is 4.28. The first-order valence-electron chi connectivity index (χ1n) is 7.39. The Hall–Kier alpha value is -1.44. The second kappa shape index (κ2) is 6.59. The van der Waals surface area contributed by atoms with Gasteiger partial charge in [0.05, 0.1) is 11.2 Å². The van der Waals surface area contributed by atoms with Crippen LogP contribution in [0.15, 0.2) is 17.9 Å². The van der Waals surface area contributed by atoms with Gasteiger partial charge in [0, 0.05) is 31.4 Å². The largest absolute Gasteiger partial charge is 0.492 e. The lowest BCUT2D eigenvalue weighted by Gasteiger charge is -2.32. The average Bonchev–Trinajstić information content (AvgIpc) is 2.65. The van der Waals surface area contributed by atoms with E-state index in [1.165, 1.54) is 6.92 Å². The van der Waals surface area contributed by atoms with E-state index in [4.69, 9.17) is 20.9 Å². The van der Waals surface area contributed by atoms with Crippen molar-refractivity contribution in [2.24, 2.45) is 0 Å². The lowest BCUT2D eigenvalue weighted by molar-refractivity contribution is -0.118. The van der Waals surface area contributed by atoms with Crippen LogP contribution < -0.4 is 5.32 Å². The third-order valence-electron chi connectivity index (χ3n) is 4.09. The van der Waals surface area contributed by atoms with Crippen LogP contribution in [0.5, 0.6) is 0 Å². The maximum Gasteiger partial charge on any atom is 0.492 e. The summed E-state index contributed by atoms with van der Waals surface area (Å²) in [6.07, 6.45) is 5.05. The summed E-state index contributed by atoms with van der Waals surface area (Å²) in [5.74, 6) is -0.125. The van der Waals surface area contributed by atoms with E-state index in [1.807, 2.05) is 33.8 Å². The quantitative estimate of drug-likeness (QED) is 0.674. The number of nitrogens with one attached hydrogen (secondary N) is 1. The third kappa shape index (κ3) is 4.31. The van der Waals surface area contributed by atoms with Crippen molar-refractivity contribution < 1.29 is 14.1 Å². The second-order valence-electron chi connectivity index (χ2n) is 6.50. The molecule has 0 saturated carbocycles. The molecule has 0 aromatic carbocycles. The zero-order chi connectivity index (χ0) is 17.3. The Morgan fingerprint density at radius 2 is 1.78 bits per heavy atom. The number of hydrogen-bond acceptors (Lipinski definition) is 5. The van der Waals surface area contributed by atoms with Crippen molar-refractivity contribution in [1.29, 1.82) is 0 Å². The monoisotopic (exact) mass is 337 g/mol. The van der Waals surface area contributed by atoms with Gasteiger partial charge >= 0.3 is 7.12 Å². The summed E-state index contributed by atoms with van der Waals surface area (Å²) in [6, 6.07) is 0. The smallest absolute Gasteiger partial charge is 0.400 e. The van der Waals surface area contributed by atoms with Gasteiger partial charge in [0.15, 0.2) is 0 Å². The van der Waals surface area contributed by atoms with E-state index in [0.717, 1.165) is 11.0 Å². The Balaban J connectivity index is 2.28. The second-order valence-corrected chi connectivity index (χ2v) is 6.84. The van der Waals surface area contributed by atoms with Crippen LogP contribution in [0.3, 0.4) is 0 Å². The number of amides is 1. The molecule has 23 heavy (non-hydrogen) atoms. The molecule has 0 atom stereocenters. The Labute approximate surface area is 141 Å². The number of halogens is 1. The van der Waals surface area contributed by atoms with E-state index in [1.54, 1.807) is 12.4 Å². The molecular weight excluding hydrogens is 316 g/mol. The number of nitrogens with zero attached hydrogens (tertiary/aromatic N) is 2. The van der Waals surface area contributed by atoms with E-state index in [9.17, 15) is 4.79 Å². The van der Waals surface area contributed by atoms with Crippen molar-refractivity contribution in [3.63, 3.8) is 0 Å². The lowest BCUT2D eigenvalue weighted by Crippen LogP contribution is -2.41. The molecule has 1 aliphatic rings. The van der Waals surface area contributed by atoms with Gasteiger partial charge in [0.2, 0.25) is 11.2 Å². The van der Waals surface area contributed by atoms with Crippen molar-refractivity contribution in [3.8, 4) is 0 Å². The Kier molecular flexibility index (Phi) is 5.13. The number of hydrogen-bond donors (Lipinski definition) is 1. The highest BCUT2D eigenvalue weighted by Gasteiger charge is 2.52. The molecule has 8 heteroatoms. The predicted molar refractivity (Wildman–Crippen MR) is 89.8 cm³/mol. The van der Waals surface area contributed by atoms with Gasteiger partial charge < -0.3 is 14.6 Å². The summed E-state index contributed by atoms with van der Waals surface area (Å²) in [5, 5.41) is 2.96. The predicted octanol–water partition coefficient (Wildman–Crippen LogP) is 2.28. The van der Waals surface area contributed by atoms with E-state index in [0.29, 0.717) is 6.54 Å². The van der Waals surface area contributed by atoms with E-state index >= 15 is 0 Å². The molecule has 1 saturated heterocycles. The number of carbonyl (C=O) groups excluding carboxylic acids is 1. The Morgan fingerprint density at radius 3 is 2.26 bits per heavy atom. The summed E-state index contributed by atoms with van der Waals surface area (Å²) in [6.45, 7) is 9.70. The van der Waals surface area contributed by atoms with Gasteiger partial charge in [-0.3, -0.25) is 4.79 Å². The molecule has 0 unspecified atom stereocenters. The molecule has 2 heterocycles. The van der Waals surface area contributed by atoms with Gasteiger partial charge in [-0.2, -0.15) is 0 Å². The molecule has 0 aliphatic carbocycles. The average molecular weight is 338 g/mol. The van der Waals surface area contributed by atoms with Crippen molar-refractivity contribution in [1.82, 2.24) is 15.3 Å². The summed E-state index contributed by atoms with van der Waals surface area (Å²) < 4.78 is 12.1. The van der Waals surface area contributed by atoms with Crippen LogP contribution in [-0.2, 0) is 14.1 Å². The van der Waals surface area contributed by atoms with E-state index < -0.39 is 18.3 Å². The van der Waals surface area contributed by atoms with Gasteiger partial charge in [0.25, 0.3) is 0 Å². The number of aromatic nitrogens is 2. The molecule has 1 aromatic rings. The fourth-order valence-electron chi connectivity index (χ4n) is 2.03. The minimum atomic E-state index is -0.553. The summed E-state index contributed by atoms with van der Waals surface area (Å²) in [5.41, 5.74) is 0.627. The van der Waals surface area contributed by atoms with Crippen molar-refractivity contribution in [2.75, 3.05) is 6.54 Å². The molecule has 6 nitrogen and oxygen atoms in total. The maximum absolute atomic E-state index is 11.3. The molecule has 0 bridgehead atoms. The number of rotatable bonds is 4. The zero-order valence-corrected chi connectivity index (χ0v) is 14.8. The van der Waals surface area contributed by atoms with Gasteiger partial charge in [-0.25, -0.2) is 9.97 Å². The molecule has 1 N–H and O–H groups in total. The first kappa shape index (κ1) is 17.9. The molecule has 1 aliphatic heterocycles. The van der Waals surface area contributed by atoms with Crippen LogP contribution in [0.2, 0.25) is 5.28 Å². The van der Waals surface area contributed by atoms with Crippen molar-refractivity contribution in [2.45, 2.75) is 45.8 Å². The highest BCUT2D eigenvalue weighted by molar-refractivity contribution is 6.56. The Bertz CT molecular complexity index is 601. The topological polar surface area (TPSA) is 73.3 Å². The highest BCUT2D eigenvalue weighted by Crippen LogP contribution is 2.38. The van der Waals surface area contributed by atoms with Crippen molar-refractivity contribution in [3.05, 3.63) is 28.7 Å². The first-order valence-corrected chi connectivity index (χ1v) is 7.76. The van der Waals surface area contributed by atoms with E-state index in [2.05, 4.69) is 15.3 Å². The first-order chi connectivity index (χ1) is 10.6. The summed E-state index contributed by atoms with van der Waals surface area (Å²) >= 11 is 5.70. The van der Waals surface area contributed by atoms with Crippen molar-refractivity contribution >= 4 is 30.7 Å². The standard InChI is InChI=1S/C15H21BClN3O3/c1-10(21)18-9-12(6-11-7-19-13(17)20-8-11)16-22-14(2,3)15(4,5)23-16/h6-8H,9H2,1-5H3,(H,18,21). The van der Waals surface area contributed by atoms with Crippen LogP contribution >= 0.6 is 11.6 Å². The molecule has 0 radical (unpaired) electrons. The van der Waals surface area contributed by atoms with Gasteiger partial charge in [-0.1, -0.05) is 6.08 Å². The summed E-state index contributed by atoms with van der Waals surface area (Å²) in [7, 11) is -0.553. The normalized spacial score (nSPS) is 19.7. The SMILES string of the molecule is CC(=O)NCC(=Cc1cnc(Cl)nc1)B1OC(C)(C)C(C)(C)O1. The number of carbonyl (C=O) groups is 1. The van der Waals surface area contributed by atoms with Crippen LogP contribution in [0.1, 0.15) is 40.2 Å². The van der Waals surface area contributed by atoms with Crippen LogP contribution in [-0.4, -0.2) is 40.7 Å². The Morgan fingerprint density at radius 1 is 1.26 bits per heavy atom. The van der Waals surface area contributed by atoms with Crippen LogP contribution in [0, 0.1) is 0 Å². The van der Waals surface area contributed by atoms with Gasteiger partial charge in [0.1, 0.15) is 0 Å². The van der Waals surface area contributed by atoms with Crippen LogP contribution in [0.4, 0.5) is 0 Å². The van der Waals surface area contributed by atoms with E-state index in [-0.39, 0.29) is 11.2 Å². The maximum atomic E-state index is 11.3. The van der Waals surface area contributed by atoms with Gasteiger partial charge in [-0.15, -0.1) is 0 Å². The highest BCUT2D eigenvalue weighted by atomic mass is 35.5. The lowest BCUT2D eigenvalue weighted by atomic mass is 9.77. The molecule has 1 aromatic heterocycles. The molecule has 2 rings (SSSR count). The fraction of sp³-hybridized carbons (Fsp3) is 0.533. The summed E-state index contributed by atoms with van der Waals surface area (Å²) in [4.78, 5) is 19.2. The molecular formula is C15H21BClN3O3.